The molecule has 0 aromatic rings. The maximum absolute atomic E-state index is 9.84. The van der Waals surface area contributed by atoms with E-state index in [0.717, 1.165) is 13.1 Å². The molecule has 14 heavy (non-hydrogen) atoms. The summed E-state index contributed by atoms with van der Waals surface area (Å²) in [6, 6.07) is 0. The Morgan fingerprint density at radius 2 is 2.00 bits per heavy atom. The minimum atomic E-state index is -0.747. The third kappa shape index (κ3) is 5.58. The number of nitrogens with zero attached hydrogens (tertiary/aromatic N) is 1. The Hall–Kier alpha value is -0.120. The van der Waals surface area contributed by atoms with Gasteiger partial charge in [-0.3, -0.25) is 0 Å². The van der Waals surface area contributed by atoms with Crippen LogP contribution in [0.15, 0.2) is 0 Å². The SMILES string of the molecule is CCC(C)CN(CC)CC(C)(O)CN. The first-order valence-electron chi connectivity index (χ1n) is 5.60. The number of likely N-dealkylation sites (N-methyl/N-ethyl adjacent to an activating group) is 1. The monoisotopic (exact) mass is 202 g/mol. The van der Waals surface area contributed by atoms with E-state index in [4.69, 9.17) is 5.73 Å². The third-order valence-corrected chi connectivity index (χ3v) is 2.72. The first-order chi connectivity index (χ1) is 6.45. The van der Waals surface area contributed by atoms with Crippen molar-refractivity contribution in [3.05, 3.63) is 0 Å². The fourth-order valence-corrected chi connectivity index (χ4v) is 1.42. The summed E-state index contributed by atoms with van der Waals surface area (Å²) in [6.07, 6.45) is 1.18. The van der Waals surface area contributed by atoms with Crippen molar-refractivity contribution in [1.82, 2.24) is 4.90 Å². The van der Waals surface area contributed by atoms with E-state index in [1.54, 1.807) is 6.92 Å². The van der Waals surface area contributed by atoms with Crippen LogP contribution < -0.4 is 5.73 Å². The van der Waals surface area contributed by atoms with Gasteiger partial charge in [-0.2, -0.15) is 0 Å². The van der Waals surface area contributed by atoms with Crippen LogP contribution in [0.3, 0.4) is 0 Å². The zero-order valence-corrected chi connectivity index (χ0v) is 10.1. The lowest BCUT2D eigenvalue weighted by molar-refractivity contribution is 0.0248. The van der Waals surface area contributed by atoms with E-state index in [-0.39, 0.29) is 0 Å². The van der Waals surface area contributed by atoms with Gasteiger partial charge in [0.25, 0.3) is 0 Å². The van der Waals surface area contributed by atoms with E-state index in [0.29, 0.717) is 19.0 Å². The van der Waals surface area contributed by atoms with Crippen molar-refractivity contribution < 1.29 is 5.11 Å². The molecule has 0 heterocycles. The van der Waals surface area contributed by atoms with E-state index in [2.05, 4.69) is 25.7 Å². The van der Waals surface area contributed by atoms with Crippen LogP contribution in [0.1, 0.15) is 34.1 Å². The molecule has 0 fully saturated rings. The topological polar surface area (TPSA) is 49.5 Å². The molecule has 2 atom stereocenters. The summed E-state index contributed by atoms with van der Waals surface area (Å²) in [4.78, 5) is 2.26. The highest BCUT2D eigenvalue weighted by atomic mass is 16.3. The molecule has 0 aliphatic rings. The molecule has 86 valence electrons. The van der Waals surface area contributed by atoms with E-state index >= 15 is 0 Å². The van der Waals surface area contributed by atoms with Crippen molar-refractivity contribution in [3.8, 4) is 0 Å². The molecule has 0 amide bonds. The van der Waals surface area contributed by atoms with Crippen LogP contribution in [0.25, 0.3) is 0 Å². The summed E-state index contributed by atoms with van der Waals surface area (Å²) in [7, 11) is 0. The highest BCUT2D eigenvalue weighted by Gasteiger charge is 2.21. The molecular weight excluding hydrogens is 176 g/mol. The van der Waals surface area contributed by atoms with Gasteiger partial charge in [-0.05, 0) is 19.4 Å². The van der Waals surface area contributed by atoms with Gasteiger partial charge < -0.3 is 15.7 Å². The Kier molecular flexibility index (Phi) is 6.33. The molecule has 3 nitrogen and oxygen atoms in total. The standard InChI is InChI=1S/C11H26N2O/c1-5-10(3)7-13(6-2)9-11(4,14)8-12/h10,14H,5-9,12H2,1-4H3. The number of hydrogen-bond acceptors (Lipinski definition) is 3. The molecule has 0 aromatic heterocycles. The van der Waals surface area contributed by atoms with Gasteiger partial charge in [0.1, 0.15) is 0 Å². The maximum atomic E-state index is 9.84. The molecule has 0 bridgehead atoms. The predicted octanol–water partition coefficient (Wildman–Crippen LogP) is 1.06. The van der Waals surface area contributed by atoms with Gasteiger partial charge in [0.15, 0.2) is 0 Å². The van der Waals surface area contributed by atoms with Gasteiger partial charge in [0.2, 0.25) is 0 Å². The minimum absolute atomic E-state index is 0.323. The van der Waals surface area contributed by atoms with Crippen molar-refractivity contribution in [2.24, 2.45) is 11.7 Å². The Morgan fingerprint density at radius 1 is 1.43 bits per heavy atom. The van der Waals surface area contributed by atoms with E-state index in [1.807, 2.05) is 0 Å². The molecule has 0 rings (SSSR count). The molecule has 0 aromatic carbocycles. The van der Waals surface area contributed by atoms with Crippen molar-refractivity contribution in [3.63, 3.8) is 0 Å². The average molecular weight is 202 g/mol. The molecule has 0 saturated heterocycles. The summed E-state index contributed by atoms with van der Waals surface area (Å²) >= 11 is 0. The fourth-order valence-electron chi connectivity index (χ4n) is 1.42. The van der Waals surface area contributed by atoms with Crippen molar-refractivity contribution in [2.45, 2.75) is 39.7 Å². The summed E-state index contributed by atoms with van der Waals surface area (Å²) in [5, 5.41) is 9.84. The molecule has 0 saturated carbocycles. The van der Waals surface area contributed by atoms with Crippen LogP contribution in [-0.2, 0) is 0 Å². The molecule has 3 N–H and O–H groups in total. The van der Waals surface area contributed by atoms with Gasteiger partial charge in [-0.15, -0.1) is 0 Å². The number of nitrogens with two attached hydrogens (primary N) is 1. The van der Waals surface area contributed by atoms with Crippen molar-refractivity contribution in [2.75, 3.05) is 26.2 Å². The van der Waals surface area contributed by atoms with E-state index in [9.17, 15) is 5.11 Å². The third-order valence-electron chi connectivity index (χ3n) is 2.72. The van der Waals surface area contributed by atoms with Crippen molar-refractivity contribution >= 4 is 0 Å². The second-order valence-electron chi connectivity index (χ2n) is 4.54. The van der Waals surface area contributed by atoms with Gasteiger partial charge in [0.05, 0.1) is 5.60 Å². The molecule has 3 heteroatoms. The van der Waals surface area contributed by atoms with Gasteiger partial charge in [-0.1, -0.05) is 27.2 Å². The molecular formula is C11H26N2O. The predicted molar refractivity (Wildman–Crippen MR) is 61.2 cm³/mol. The number of hydrogen-bond donors (Lipinski definition) is 2. The van der Waals surface area contributed by atoms with Crippen LogP contribution in [0.5, 0.6) is 0 Å². The Labute approximate surface area is 88.3 Å². The zero-order valence-electron chi connectivity index (χ0n) is 10.1. The lowest BCUT2D eigenvalue weighted by Gasteiger charge is -2.31. The van der Waals surface area contributed by atoms with Crippen LogP contribution in [-0.4, -0.2) is 41.8 Å². The lowest BCUT2D eigenvalue weighted by Crippen LogP contribution is -2.47. The van der Waals surface area contributed by atoms with Crippen LogP contribution in [0.2, 0.25) is 0 Å². The largest absolute Gasteiger partial charge is 0.388 e. The van der Waals surface area contributed by atoms with Crippen LogP contribution >= 0.6 is 0 Å². The Bertz CT molecular complexity index is 148. The molecule has 0 aliphatic carbocycles. The maximum Gasteiger partial charge on any atom is 0.0867 e. The second-order valence-corrected chi connectivity index (χ2v) is 4.54. The molecule has 0 aliphatic heterocycles. The quantitative estimate of drug-likeness (QED) is 0.649. The summed E-state index contributed by atoms with van der Waals surface area (Å²) in [6.45, 7) is 11.4. The highest BCUT2D eigenvalue weighted by Crippen LogP contribution is 2.09. The van der Waals surface area contributed by atoms with Gasteiger partial charge in [-0.25, -0.2) is 0 Å². The summed E-state index contributed by atoms with van der Waals surface area (Å²) in [5.74, 6) is 0.684. The van der Waals surface area contributed by atoms with Gasteiger partial charge in [0, 0.05) is 19.6 Å². The number of aliphatic hydroxyl groups is 1. The fraction of sp³-hybridized carbons (Fsp3) is 1.00. The minimum Gasteiger partial charge on any atom is -0.388 e. The van der Waals surface area contributed by atoms with Crippen molar-refractivity contribution in [1.29, 1.82) is 0 Å². The molecule has 0 spiro atoms. The highest BCUT2D eigenvalue weighted by molar-refractivity contribution is 4.78. The smallest absolute Gasteiger partial charge is 0.0867 e. The first-order valence-corrected chi connectivity index (χ1v) is 5.60. The first kappa shape index (κ1) is 13.9. The molecule has 2 unspecified atom stereocenters. The summed E-state index contributed by atoms with van der Waals surface area (Å²) < 4.78 is 0. The molecule has 0 radical (unpaired) electrons. The van der Waals surface area contributed by atoms with Gasteiger partial charge >= 0.3 is 0 Å². The lowest BCUT2D eigenvalue weighted by atomic mass is 10.0. The average Bonchev–Trinajstić information content (AvgIpc) is 2.16. The Morgan fingerprint density at radius 3 is 2.36 bits per heavy atom. The van der Waals surface area contributed by atoms with E-state index in [1.165, 1.54) is 6.42 Å². The van der Waals surface area contributed by atoms with E-state index < -0.39 is 5.60 Å². The second kappa shape index (κ2) is 6.38. The Balaban J connectivity index is 4.02. The zero-order chi connectivity index (χ0) is 11.2. The normalized spacial score (nSPS) is 18.2. The van der Waals surface area contributed by atoms with Crippen LogP contribution in [0.4, 0.5) is 0 Å². The number of rotatable bonds is 7. The summed E-state index contributed by atoms with van der Waals surface area (Å²) in [5.41, 5.74) is 4.75. The van der Waals surface area contributed by atoms with Crippen LogP contribution in [0, 0.1) is 5.92 Å².